The minimum atomic E-state index is -1.19. The molecule has 0 saturated carbocycles. The van der Waals surface area contributed by atoms with E-state index in [-0.39, 0.29) is 0 Å². The first-order valence-electron chi connectivity index (χ1n) is 6.56. The zero-order chi connectivity index (χ0) is 12.9. The minimum Gasteiger partial charge on any atom is -0.361 e. The van der Waals surface area contributed by atoms with Gasteiger partial charge in [-0.3, -0.25) is 0 Å². The molecule has 0 aliphatic carbocycles. The van der Waals surface area contributed by atoms with E-state index in [2.05, 4.69) is 43.0 Å². The molecule has 1 unspecified atom stereocenters. The molecule has 0 saturated heterocycles. The lowest BCUT2D eigenvalue weighted by atomic mass is 10.2. The van der Waals surface area contributed by atoms with Crippen LogP contribution in [0.25, 0.3) is 0 Å². The second-order valence-corrected chi connectivity index (χ2v) is 11.3. The first-order valence-corrected chi connectivity index (χ1v) is 10.1. The Kier molecular flexibility index (Phi) is 5.40. The molecule has 1 aromatic rings. The lowest BCUT2D eigenvalue weighted by Gasteiger charge is -2.25. The van der Waals surface area contributed by atoms with Crippen molar-refractivity contribution in [3.8, 4) is 0 Å². The maximum absolute atomic E-state index is 5.96. The average molecular weight is 254 g/mol. The zero-order valence-corrected chi connectivity index (χ0v) is 12.9. The van der Waals surface area contributed by atoms with Gasteiger partial charge in [0.25, 0.3) is 0 Å². The summed E-state index contributed by atoms with van der Waals surface area (Å²) in [4.78, 5) is 4.39. The molecule has 0 bridgehead atoms. The van der Waals surface area contributed by atoms with Gasteiger partial charge in [-0.25, -0.2) is 4.98 Å². The predicted octanol–water partition coefficient (Wildman–Crippen LogP) is 3.47. The first kappa shape index (κ1) is 14.4. The Hall–Kier alpha value is -0.613. The molecule has 1 heterocycles. The van der Waals surface area contributed by atoms with Crippen molar-refractivity contribution in [3.63, 3.8) is 0 Å². The van der Waals surface area contributed by atoms with Crippen LogP contribution in [0.5, 0.6) is 0 Å². The molecule has 1 atom stereocenters. The standard InChI is InChI=1S/C13H26N2OSi/c1-6-7-8-13-14-9-10-15(13)11-16-12(2)17(3,4)5/h9-10,12H,6-8,11H2,1-5H3. The largest absolute Gasteiger partial charge is 0.361 e. The van der Waals surface area contributed by atoms with E-state index in [4.69, 9.17) is 4.74 Å². The number of nitrogens with zero attached hydrogens (tertiary/aromatic N) is 2. The summed E-state index contributed by atoms with van der Waals surface area (Å²) in [7, 11) is -1.19. The average Bonchev–Trinajstić information content (AvgIpc) is 2.69. The van der Waals surface area contributed by atoms with Crippen molar-refractivity contribution in [1.82, 2.24) is 9.55 Å². The highest BCUT2D eigenvalue weighted by molar-refractivity contribution is 6.77. The van der Waals surface area contributed by atoms with Crippen LogP contribution in [0.2, 0.25) is 19.6 Å². The summed E-state index contributed by atoms with van der Waals surface area (Å²) in [5.41, 5.74) is 0.379. The molecule has 17 heavy (non-hydrogen) atoms. The minimum absolute atomic E-state index is 0.379. The first-order chi connectivity index (χ1) is 7.95. The number of imidazole rings is 1. The second-order valence-electron chi connectivity index (χ2n) is 5.72. The third kappa shape index (κ3) is 4.64. The van der Waals surface area contributed by atoms with Gasteiger partial charge in [-0.2, -0.15) is 0 Å². The Morgan fingerprint density at radius 1 is 1.41 bits per heavy atom. The molecule has 3 nitrogen and oxygen atoms in total. The maximum Gasteiger partial charge on any atom is 0.123 e. The van der Waals surface area contributed by atoms with Crippen molar-refractivity contribution in [2.24, 2.45) is 0 Å². The number of hydrogen-bond acceptors (Lipinski definition) is 2. The van der Waals surface area contributed by atoms with Crippen molar-refractivity contribution >= 4 is 8.07 Å². The van der Waals surface area contributed by atoms with E-state index in [9.17, 15) is 0 Å². The fraction of sp³-hybridized carbons (Fsp3) is 0.769. The SMILES string of the molecule is CCCCc1nccn1COC(C)[Si](C)(C)C. The Balaban J connectivity index is 2.49. The number of hydrogen-bond donors (Lipinski definition) is 0. The summed E-state index contributed by atoms with van der Waals surface area (Å²) in [6.45, 7) is 12.0. The molecule has 0 aromatic carbocycles. The van der Waals surface area contributed by atoms with Gasteiger partial charge >= 0.3 is 0 Å². The second kappa shape index (κ2) is 6.35. The van der Waals surface area contributed by atoms with E-state index in [1.165, 1.54) is 12.8 Å². The molecule has 0 aliphatic heterocycles. The highest BCUT2D eigenvalue weighted by Crippen LogP contribution is 2.12. The number of aryl methyl sites for hydroxylation is 1. The van der Waals surface area contributed by atoms with Crippen LogP contribution in [0.1, 0.15) is 32.5 Å². The summed E-state index contributed by atoms with van der Waals surface area (Å²) < 4.78 is 8.09. The molecule has 1 rings (SSSR count). The Morgan fingerprint density at radius 2 is 2.12 bits per heavy atom. The van der Waals surface area contributed by atoms with Crippen molar-refractivity contribution in [2.75, 3.05) is 0 Å². The molecule has 98 valence electrons. The number of aromatic nitrogens is 2. The van der Waals surface area contributed by atoms with E-state index < -0.39 is 8.07 Å². The van der Waals surface area contributed by atoms with E-state index in [0.29, 0.717) is 12.5 Å². The molecular formula is C13H26N2OSi. The summed E-state index contributed by atoms with van der Waals surface area (Å²) >= 11 is 0. The van der Waals surface area contributed by atoms with Gasteiger partial charge in [-0.1, -0.05) is 33.0 Å². The van der Waals surface area contributed by atoms with Crippen molar-refractivity contribution in [2.45, 2.75) is 65.2 Å². The van der Waals surface area contributed by atoms with Gasteiger partial charge in [0.2, 0.25) is 0 Å². The van der Waals surface area contributed by atoms with Crippen LogP contribution < -0.4 is 0 Å². The maximum atomic E-state index is 5.96. The van der Waals surface area contributed by atoms with Gasteiger partial charge in [0, 0.05) is 24.5 Å². The zero-order valence-electron chi connectivity index (χ0n) is 11.9. The van der Waals surface area contributed by atoms with Crippen molar-refractivity contribution in [1.29, 1.82) is 0 Å². The normalized spacial score (nSPS) is 13.9. The van der Waals surface area contributed by atoms with Gasteiger partial charge in [-0.05, 0) is 13.3 Å². The lowest BCUT2D eigenvalue weighted by Crippen LogP contribution is -2.38. The summed E-state index contributed by atoms with van der Waals surface area (Å²) in [6, 6.07) is 0. The predicted molar refractivity (Wildman–Crippen MR) is 74.7 cm³/mol. The molecule has 1 aromatic heterocycles. The highest BCUT2D eigenvalue weighted by Gasteiger charge is 2.23. The van der Waals surface area contributed by atoms with Crippen LogP contribution in [0.4, 0.5) is 0 Å². The van der Waals surface area contributed by atoms with E-state index in [1.54, 1.807) is 0 Å². The monoisotopic (exact) mass is 254 g/mol. The number of rotatable bonds is 7. The van der Waals surface area contributed by atoms with E-state index in [1.807, 2.05) is 12.4 Å². The molecule has 0 radical (unpaired) electrons. The van der Waals surface area contributed by atoms with Crippen molar-refractivity contribution in [3.05, 3.63) is 18.2 Å². The van der Waals surface area contributed by atoms with Crippen LogP contribution >= 0.6 is 0 Å². The molecule has 0 amide bonds. The molecule has 4 heteroatoms. The topological polar surface area (TPSA) is 27.1 Å². The molecule has 0 N–H and O–H groups in total. The Morgan fingerprint density at radius 3 is 2.71 bits per heavy atom. The molecular weight excluding hydrogens is 228 g/mol. The van der Waals surface area contributed by atoms with Gasteiger partial charge in [0.05, 0.1) is 8.07 Å². The molecule has 0 fully saturated rings. The van der Waals surface area contributed by atoms with Crippen LogP contribution in [0.15, 0.2) is 12.4 Å². The third-order valence-corrected chi connectivity index (χ3v) is 5.84. The smallest absolute Gasteiger partial charge is 0.123 e. The van der Waals surface area contributed by atoms with Crippen LogP contribution in [0, 0.1) is 0 Å². The highest BCUT2D eigenvalue weighted by atomic mass is 28.3. The fourth-order valence-electron chi connectivity index (χ4n) is 1.46. The molecule has 0 aliphatic rings. The Bertz CT molecular complexity index is 330. The summed E-state index contributed by atoms with van der Waals surface area (Å²) in [6.07, 6.45) is 7.34. The van der Waals surface area contributed by atoms with Gasteiger partial charge in [0.15, 0.2) is 0 Å². The summed E-state index contributed by atoms with van der Waals surface area (Å²) in [5.74, 6) is 1.15. The van der Waals surface area contributed by atoms with E-state index in [0.717, 1.165) is 12.2 Å². The van der Waals surface area contributed by atoms with Crippen LogP contribution in [-0.4, -0.2) is 23.4 Å². The van der Waals surface area contributed by atoms with Crippen LogP contribution in [-0.2, 0) is 17.9 Å². The van der Waals surface area contributed by atoms with Gasteiger partial charge in [0.1, 0.15) is 12.6 Å². The quantitative estimate of drug-likeness (QED) is 0.697. The summed E-state index contributed by atoms with van der Waals surface area (Å²) in [5, 5.41) is 0. The number of ether oxygens (including phenoxy) is 1. The third-order valence-electron chi connectivity index (χ3n) is 3.24. The number of unbranched alkanes of at least 4 members (excludes halogenated alkanes) is 1. The van der Waals surface area contributed by atoms with Gasteiger partial charge < -0.3 is 9.30 Å². The Labute approximate surface area is 106 Å². The lowest BCUT2D eigenvalue weighted by molar-refractivity contribution is 0.0548. The van der Waals surface area contributed by atoms with Crippen LogP contribution in [0.3, 0.4) is 0 Å². The fourth-order valence-corrected chi connectivity index (χ4v) is 2.04. The van der Waals surface area contributed by atoms with Crippen molar-refractivity contribution < 1.29 is 4.74 Å². The van der Waals surface area contributed by atoms with E-state index >= 15 is 0 Å². The molecule has 0 spiro atoms. The van der Waals surface area contributed by atoms with Gasteiger partial charge in [-0.15, -0.1) is 0 Å².